The molecule has 2 nitrogen and oxygen atoms in total. The summed E-state index contributed by atoms with van der Waals surface area (Å²) in [7, 11) is -0.191. The highest BCUT2D eigenvalue weighted by atomic mass is 16.7. The summed E-state index contributed by atoms with van der Waals surface area (Å²) in [4.78, 5) is 0. The van der Waals surface area contributed by atoms with Crippen LogP contribution in [-0.4, -0.2) is 18.8 Å². The van der Waals surface area contributed by atoms with E-state index in [1.54, 1.807) is 0 Å². The van der Waals surface area contributed by atoms with Crippen LogP contribution in [0.5, 0.6) is 0 Å². The van der Waals surface area contributed by atoms with E-state index in [9.17, 15) is 0 Å². The number of benzene rings is 1. The van der Waals surface area contributed by atoms with Crippen LogP contribution in [-0.2, 0) is 9.31 Å². The van der Waals surface area contributed by atoms with E-state index in [1.165, 1.54) is 17.4 Å². The third-order valence-corrected chi connectivity index (χ3v) is 6.80. The fraction of sp³-hybridized carbons (Fsp3) is 0.684. The van der Waals surface area contributed by atoms with Crippen LogP contribution in [0, 0.1) is 17.3 Å². The number of hydrogen-bond donors (Lipinski definition) is 0. The van der Waals surface area contributed by atoms with Crippen LogP contribution >= 0.6 is 0 Å². The van der Waals surface area contributed by atoms with Crippen molar-refractivity contribution in [3.8, 4) is 0 Å². The molecule has 0 amide bonds. The van der Waals surface area contributed by atoms with E-state index in [4.69, 9.17) is 9.31 Å². The normalized spacial score (nSPS) is 38.8. The lowest BCUT2D eigenvalue weighted by molar-refractivity contribution is -0.199. The maximum Gasteiger partial charge on any atom is 0.494 e. The molecule has 2 bridgehead atoms. The molecule has 4 atom stereocenters. The average Bonchev–Trinajstić information content (AvgIpc) is 2.84. The van der Waals surface area contributed by atoms with E-state index in [2.05, 4.69) is 58.9 Å². The van der Waals surface area contributed by atoms with Gasteiger partial charge in [0, 0.05) is 0 Å². The van der Waals surface area contributed by atoms with E-state index in [-0.39, 0.29) is 18.8 Å². The van der Waals surface area contributed by atoms with Gasteiger partial charge in [-0.05, 0) is 54.0 Å². The highest BCUT2D eigenvalue weighted by molar-refractivity contribution is 6.62. The fourth-order valence-electron chi connectivity index (χ4n) is 5.07. The summed E-state index contributed by atoms with van der Waals surface area (Å²) in [6.45, 7) is 11.6. The van der Waals surface area contributed by atoms with Crippen LogP contribution in [0.1, 0.15) is 58.9 Å². The summed E-state index contributed by atoms with van der Waals surface area (Å²) in [6.07, 6.45) is 2.72. The summed E-state index contributed by atoms with van der Waals surface area (Å²) in [5.41, 5.74) is 2.83. The third-order valence-electron chi connectivity index (χ3n) is 6.80. The van der Waals surface area contributed by atoms with E-state index in [0.717, 1.165) is 12.3 Å². The van der Waals surface area contributed by atoms with E-state index >= 15 is 0 Å². The van der Waals surface area contributed by atoms with Crippen LogP contribution < -0.4 is 5.46 Å². The van der Waals surface area contributed by atoms with Gasteiger partial charge in [0.1, 0.15) is 0 Å². The second-order valence-corrected chi connectivity index (χ2v) is 8.63. The Labute approximate surface area is 134 Å². The van der Waals surface area contributed by atoms with Crippen molar-refractivity contribution in [2.45, 2.75) is 65.1 Å². The van der Waals surface area contributed by atoms with Crippen molar-refractivity contribution in [1.29, 1.82) is 0 Å². The van der Waals surface area contributed by atoms with Gasteiger partial charge in [0.15, 0.2) is 0 Å². The molecule has 1 saturated heterocycles. The number of rotatable bonds is 2. The van der Waals surface area contributed by atoms with Crippen molar-refractivity contribution in [2.24, 2.45) is 17.3 Å². The highest BCUT2D eigenvalue weighted by Crippen LogP contribution is 2.65. The molecule has 4 aliphatic rings. The zero-order chi connectivity index (χ0) is 15.7. The van der Waals surface area contributed by atoms with Crippen LogP contribution in [0.25, 0.3) is 0 Å². The van der Waals surface area contributed by atoms with Crippen LogP contribution in [0.2, 0.25) is 0 Å². The molecular formula is C19H27BO2. The lowest BCUT2D eigenvalue weighted by Gasteiger charge is -2.64. The molecule has 118 valence electrons. The lowest BCUT2D eigenvalue weighted by atomic mass is 9.43. The van der Waals surface area contributed by atoms with E-state index in [0.29, 0.717) is 17.3 Å². The van der Waals surface area contributed by atoms with Crippen LogP contribution in [0.3, 0.4) is 0 Å². The monoisotopic (exact) mass is 298 g/mol. The Balaban J connectivity index is 1.61. The quantitative estimate of drug-likeness (QED) is 0.774. The molecule has 2 unspecified atom stereocenters. The number of hydrogen-bond acceptors (Lipinski definition) is 2. The summed E-state index contributed by atoms with van der Waals surface area (Å²) in [5.74, 6) is 1.97. The topological polar surface area (TPSA) is 18.5 Å². The Morgan fingerprint density at radius 1 is 1.18 bits per heavy atom. The van der Waals surface area contributed by atoms with Crippen molar-refractivity contribution in [2.75, 3.05) is 0 Å². The van der Waals surface area contributed by atoms with Crippen molar-refractivity contribution in [3.63, 3.8) is 0 Å². The molecule has 0 spiro atoms. The Hall–Kier alpha value is -0.795. The first-order chi connectivity index (χ1) is 10.3. The first-order valence-electron chi connectivity index (χ1n) is 8.75. The van der Waals surface area contributed by atoms with Gasteiger partial charge in [0.25, 0.3) is 0 Å². The largest absolute Gasteiger partial charge is 0.494 e. The molecule has 1 heterocycles. The van der Waals surface area contributed by atoms with Crippen molar-refractivity contribution in [3.05, 3.63) is 29.8 Å². The molecule has 4 fully saturated rings. The first-order valence-corrected chi connectivity index (χ1v) is 8.75. The van der Waals surface area contributed by atoms with Crippen molar-refractivity contribution in [1.82, 2.24) is 0 Å². The third kappa shape index (κ3) is 1.88. The van der Waals surface area contributed by atoms with E-state index < -0.39 is 0 Å². The second-order valence-electron chi connectivity index (χ2n) is 8.63. The van der Waals surface area contributed by atoms with Gasteiger partial charge in [0.2, 0.25) is 0 Å². The minimum absolute atomic E-state index is 0.114. The molecule has 5 rings (SSSR count). The fourth-order valence-corrected chi connectivity index (χ4v) is 5.07. The van der Waals surface area contributed by atoms with Gasteiger partial charge in [-0.1, -0.05) is 52.0 Å². The summed E-state index contributed by atoms with van der Waals surface area (Å²) < 4.78 is 12.9. The zero-order valence-corrected chi connectivity index (χ0v) is 14.4. The molecule has 0 radical (unpaired) electrons. The Kier molecular flexibility index (Phi) is 3.10. The molecule has 3 heteroatoms. The summed E-state index contributed by atoms with van der Waals surface area (Å²) in [6, 6.07) is 8.72. The van der Waals surface area contributed by atoms with Gasteiger partial charge in [0.05, 0.1) is 11.7 Å². The Morgan fingerprint density at radius 2 is 1.95 bits per heavy atom. The predicted octanol–water partition coefficient (Wildman–Crippen LogP) is 3.75. The molecule has 3 saturated carbocycles. The smallest absolute Gasteiger partial charge is 0.402 e. The summed E-state index contributed by atoms with van der Waals surface area (Å²) in [5, 5.41) is 0. The van der Waals surface area contributed by atoms with Crippen LogP contribution in [0.15, 0.2) is 24.3 Å². The molecular weight excluding hydrogens is 271 g/mol. The lowest BCUT2D eigenvalue weighted by Crippen LogP contribution is -2.65. The van der Waals surface area contributed by atoms with E-state index in [1.807, 2.05) is 0 Å². The minimum atomic E-state index is -0.191. The molecule has 22 heavy (non-hydrogen) atoms. The zero-order valence-electron chi connectivity index (χ0n) is 14.4. The predicted molar refractivity (Wildman–Crippen MR) is 90.3 cm³/mol. The highest BCUT2D eigenvalue weighted by Gasteiger charge is 2.67. The molecule has 1 aromatic carbocycles. The Bertz CT molecular complexity index is 597. The van der Waals surface area contributed by atoms with Gasteiger partial charge in [-0.3, -0.25) is 0 Å². The maximum atomic E-state index is 6.54. The van der Waals surface area contributed by atoms with Gasteiger partial charge >= 0.3 is 7.12 Å². The average molecular weight is 298 g/mol. The second kappa shape index (κ2) is 4.61. The molecule has 0 N–H and O–H groups in total. The minimum Gasteiger partial charge on any atom is -0.402 e. The molecule has 3 aliphatic carbocycles. The van der Waals surface area contributed by atoms with Gasteiger partial charge in [-0.15, -0.1) is 0 Å². The first kappa shape index (κ1) is 14.8. The molecule has 0 aromatic heterocycles. The standard InChI is InChI=1S/C19H27BO2/c1-12(2)13-7-6-8-15(9-13)20-21-17-11-14-10-16(18(14,3)4)19(17,5)22-20/h6-9,12,14,16-17H,10-11H2,1-5H3/t14-,16?,17?,19-/m0/s1. The molecule has 1 aliphatic heterocycles. The van der Waals surface area contributed by atoms with Crippen molar-refractivity contribution >= 4 is 12.6 Å². The maximum absolute atomic E-state index is 6.54. The summed E-state index contributed by atoms with van der Waals surface area (Å²) >= 11 is 0. The van der Waals surface area contributed by atoms with Gasteiger partial charge in [-0.2, -0.15) is 0 Å². The molecule has 1 aromatic rings. The van der Waals surface area contributed by atoms with Gasteiger partial charge < -0.3 is 9.31 Å². The Morgan fingerprint density at radius 3 is 2.64 bits per heavy atom. The van der Waals surface area contributed by atoms with Gasteiger partial charge in [-0.25, -0.2) is 0 Å². The van der Waals surface area contributed by atoms with Crippen LogP contribution in [0.4, 0.5) is 0 Å². The van der Waals surface area contributed by atoms with Crippen molar-refractivity contribution < 1.29 is 9.31 Å². The SMILES string of the molecule is CC(C)c1cccc(B2OC3C[C@@H]4CC(C4(C)C)[C@]3(C)O2)c1.